The molecule has 2 aromatic rings. The number of carbonyl (C=O) groups is 2. The van der Waals surface area contributed by atoms with Crippen molar-refractivity contribution in [3.63, 3.8) is 0 Å². The van der Waals surface area contributed by atoms with Gasteiger partial charge in [0.2, 0.25) is 0 Å². The van der Waals surface area contributed by atoms with E-state index in [4.69, 9.17) is 4.74 Å². The van der Waals surface area contributed by atoms with Gasteiger partial charge in [-0.2, -0.15) is 13.2 Å². The molecule has 2 N–H and O–H groups in total. The third kappa shape index (κ3) is 8.81. The van der Waals surface area contributed by atoms with Crippen LogP contribution < -0.4 is 5.32 Å². The largest absolute Gasteiger partial charge is 0.480 e. The second kappa shape index (κ2) is 11.5. The van der Waals surface area contributed by atoms with E-state index in [1.54, 1.807) is 57.2 Å². The fraction of sp³-hybridized carbons (Fsp3) is 0.417. The first kappa shape index (κ1) is 27.4. The third-order valence-electron chi connectivity index (χ3n) is 4.74. The quantitative estimate of drug-likeness (QED) is 0.505. The van der Waals surface area contributed by atoms with Gasteiger partial charge in [-0.15, -0.1) is 0 Å². The fourth-order valence-corrected chi connectivity index (χ4v) is 4.30. The Kier molecular flexibility index (Phi) is 9.26. The van der Waals surface area contributed by atoms with Gasteiger partial charge in [0, 0.05) is 22.3 Å². The van der Waals surface area contributed by atoms with Crippen LogP contribution in [0.2, 0.25) is 0 Å². The second-order valence-corrected chi connectivity index (χ2v) is 10.4. The number of hydrogen-bond acceptors (Lipinski definition) is 4. The van der Waals surface area contributed by atoms with Crippen molar-refractivity contribution in [3.8, 4) is 11.1 Å². The second-order valence-electron chi connectivity index (χ2n) is 8.66. The van der Waals surface area contributed by atoms with Gasteiger partial charge in [-0.25, -0.2) is 9.59 Å². The molecule has 0 saturated heterocycles. The fourth-order valence-electron chi connectivity index (χ4n) is 3.15. The van der Waals surface area contributed by atoms with Gasteiger partial charge >= 0.3 is 18.2 Å². The summed E-state index contributed by atoms with van der Waals surface area (Å²) in [6.07, 6.45) is -5.74. The Balaban J connectivity index is 2.02. The van der Waals surface area contributed by atoms with Crippen LogP contribution in [-0.2, 0) is 32.9 Å². The molecule has 1 amide bonds. The van der Waals surface area contributed by atoms with E-state index in [0.717, 1.165) is 6.07 Å². The molecule has 2 atom stereocenters. The number of carbonyl (C=O) groups excluding carboxylic acids is 1. The summed E-state index contributed by atoms with van der Waals surface area (Å²) in [5.41, 5.74) is -0.513. The maximum absolute atomic E-state index is 13.7. The predicted molar refractivity (Wildman–Crippen MR) is 124 cm³/mol. The first-order chi connectivity index (χ1) is 15.8. The highest BCUT2D eigenvalue weighted by Gasteiger charge is 2.33. The van der Waals surface area contributed by atoms with Gasteiger partial charge in [-0.1, -0.05) is 42.5 Å². The number of amides is 1. The monoisotopic (exact) mass is 499 g/mol. The third-order valence-corrected chi connectivity index (χ3v) is 6.10. The first-order valence-electron chi connectivity index (χ1n) is 10.6. The number of rotatable bonds is 9. The molecule has 6 nitrogen and oxygen atoms in total. The summed E-state index contributed by atoms with van der Waals surface area (Å²) < 4.78 is 58.4. The summed E-state index contributed by atoms with van der Waals surface area (Å²) in [4.78, 5) is 23.2. The molecule has 0 saturated carbocycles. The normalized spacial score (nSPS) is 13.7. The van der Waals surface area contributed by atoms with Crippen molar-refractivity contribution < 1.29 is 36.8 Å². The van der Waals surface area contributed by atoms with Crippen LogP contribution in [-0.4, -0.2) is 44.5 Å². The Morgan fingerprint density at radius 3 is 2.24 bits per heavy atom. The average molecular weight is 500 g/mol. The molecule has 186 valence electrons. The Labute approximate surface area is 199 Å². The zero-order valence-corrected chi connectivity index (χ0v) is 20.0. The van der Waals surface area contributed by atoms with E-state index in [2.05, 4.69) is 5.32 Å². The Morgan fingerprint density at radius 2 is 1.68 bits per heavy atom. The molecule has 2 aromatic carbocycles. The van der Waals surface area contributed by atoms with Crippen LogP contribution in [0.5, 0.6) is 0 Å². The molecule has 0 aliphatic rings. The molecule has 0 aliphatic carbocycles. The first-order valence-corrected chi connectivity index (χ1v) is 12.1. The summed E-state index contributed by atoms with van der Waals surface area (Å²) in [5, 5.41) is 11.5. The minimum Gasteiger partial charge on any atom is -0.480 e. The van der Waals surface area contributed by atoms with E-state index in [-0.39, 0.29) is 29.9 Å². The van der Waals surface area contributed by atoms with Crippen LogP contribution in [0, 0.1) is 0 Å². The molecule has 0 aliphatic heterocycles. The Bertz CT molecular complexity index is 1020. The van der Waals surface area contributed by atoms with Crippen molar-refractivity contribution in [2.45, 2.75) is 51.4 Å². The number of aliphatic carboxylic acids is 1. The standard InChI is InChI=1S/C24H28F3NO5S/c1-23(2,3)33-22(31)28-20(21(29)30)12-14-34(32)13-11-17-9-10-18(15-19(17)24(25,26)27)16-7-5-4-6-8-16/h4-10,15,20H,11-14H2,1-3H3,(H,28,31)(H,29,30). The van der Waals surface area contributed by atoms with Gasteiger partial charge in [0.05, 0.1) is 5.56 Å². The van der Waals surface area contributed by atoms with Crippen LogP contribution in [0.4, 0.5) is 18.0 Å². The van der Waals surface area contributed by atoms with Crippen molar-refractivity contribution in [1.82, 2.24) is 5.32 Å². The molecular weight excluding hydrogens is 471 g/mol. The zero-order valence-electron chi connectivity index (χ0n) is 19.1. The van der Waals surface area contributed by atoms with Crippen molar-refractivity contribution in [1.29, 1.82) is 0 Å². The number of alkyl halides is 3. The highest BCUT2D eigenvalue weighted by atomic mass is 32.2. The Hall–Kier alpha value is -2.88. The summed E-state index contributed by atoms with van der Waals surface area (Å²) in [5.74, 6) is -1.50. The smallest absolute Gasteiger partial charge is 0.416 e. The number of carboxylic acid groups (broad SMARTS) is 1. The number of carboxylic acids is 1. The molecule has 34 heavy (non-hydrogen) atoms. The van der Waals surface area contributed by atoms with E-state index in [9.17, 15) is 32.1 Å². The van der Waals surface area contributed by atoms with Crippen LogP contribution >= 0.6 is 0 Å². The SMILES string of the molecule is CC(C)(C)OC(=O)NC(CCS(=O)CCc1ccc(-c2ccccc2)cc1C(F)(F)F)C(=O)O. The Morgan fingerprint density at radius 1 is 1.03 bits per heavy atom. The molecular formula is C24H28F3NO5S. The molecule has 0 heterocycles. The summed E-state index contributed by atoms with van der Waals surface area (Å²) >= 11 is 0. The van der Waals surface area contributed by atoms with E-state index in [0.29, 0.717) is 11.1 Å². The minimum atomic E-state index is -4.58. The molecule has 2 rings (SSSR count). The van der Waals surface area contributed by atoms with Crippen molar-refractivity contribution >= 4 is 22.9 Å². The van der Waals surface area contributed by atoms with Gasteiger partial charge in [0.15, 0.2) is 0 Å². The highest BCUT2D eigenvalue weighted by Crippen LogP contribution is 2.35. The predicted octanol–water partition coefficient (Wildman–Crippen LogP) is 5.03. The van der Waals surface area contributed by atoms with Crippen LogP contribution in [0.3, 0.4) is 0 Å². The van der Waals surface area contributed by atoms with Gasteiger partial charge < -0.3 is 15.2 Å². The van der Waals surface area contributed by atoms with E-state index in [1.807, 2.05) is 0 Å². The van der Waals surface area contributed by atoms with Crippen LogP contribution in [0.25, 0.3) is 11.1 Å². The van der Waals surface area contributed by atoms with Gasteiger partial charge in [-0.05, 0) is 56.4 Å². The molecule has 0 fully saturated rings. The maximum Gasteiger partial charge on any atom is 0.416 e. The lowest BCUT2D eigenvalue weighted by Gasteiger charge is -2.22. The number of nitrogens with one attached hydrogen (secondary N) is 1. The van der Waals surface area contributed by atoms with Gasteiger partial charge in [0.25, 0.3) is 0 Å². The number of hydrogen-bond donors (Lipinski definition) is 2. The van der Waals surface area contributed by atoms with E-state index in [1.165, 1.54) is 6.07 Å². The molecule has 0 radical (unpaired) electrons. The van der Waals surface area contributed by atoms with Gasteiger partial charge in [0.1, 0.15) is 11.6 Å². The topological polar surface area (TPSA) is 92.7 Å². The molecule has 0 aromatic heterocycles. The lowest BCUT2D eigenvalue weighted by atomic mass is 9.97. The van der Waals surface area contributed by atoms with E-state index >= 15 is 0 Å². The summed E-state index contributed by atoms with van der Waals surface area (Å²) in [6, 6.07) is 11.4. The number of halogens is 3. The highest BCUT2D eigenvalue weighted by molar-refractivity contribution is 7.84. The lowest BCUT2D eigenvalue weighted by Crippen LogP contribution is -2.44. The number of alkyl carbamates (subject to hydrolysis) is 1. The molecule has 10 heteroatoms. The number of benzene rings is 2. The maximum atomic E-state index is 13.7. The summed E-state index contributed by atoms with van der Waals surface area (Å²) in [6.45, 7) is 4.87. The minimum absolute atomic E-state index is 0.0159. The number of aryl methyl sites for hydroxylation is 1. The summed E-state index contributed by atoms with van der Waals surface area (Å²) in [7, 11) is -1.59. The molecule has 2 unspecified atom stereocenters. The van der Waals surface area contributed by atoms with Crippen LogP contribution in [0.1, 0.15) is 38.3 Å². The zero-order chi connectivity index (χ0) is 25.5. The lowest BCUT2D eigenvalue weighted by molar-refractivity contribution is -0.139. The van der Waals surface area contributed by atoms with Crippen molar-refractivity contribution in [3.05, 3.63) is 59.7 Å². The van der Waals surface area contributed by atoms with Crippen molar-refractivity contribution in [2.24, 2.45) is 0 Å². The van der Waals surface area contributed by atoms with Gasteiger partial charge in [-0.3, -0.25) is 4.21 Å². The van der Waals surface area contributed by atoms with Crippen molar-refractivity contribution in [2.75, 3.05) is 11.5 Å². The molecule has 0 spiro atoms. The number of ether oxygens (including phenoxy) is 1. The van der Waals surface area contributed by atoms with Crippen LogP contribution in [0.15, 0.2) is 48.5 Å². The molecule has 0 bridgehead atoms. The van der Waals surface area contributed by atoms with E-state index < -0.39 is 46.2 Å². The average Bonchev–Trinajstić information content (AvgIpc) is 2.73.